The van der Waals surface area contributed by atoms with Crippen molar-refractivity contribution in [2.45, 2.75) is 13.3 Å². The van der Waals surface area contributed by atoms with E-state index in [-0.39, 0.29) is 10.4 Å². The SMILES string of the molecule is CCN1CCC(CNC(=O)c2cccc(F)c2Br)C1. The van der Waals surface area contributed by atoms with Crippen LogP contribution in [0.25, 0.3) is 0 Å². The third kappa shape index (κ3) is 3.54. The Balaban J connectivity index is 1.90. The highest BCUT2D eigenvalue weighted by Gasteiger charge is 2.22. The maximum atomic E-state index is 13.3. The number of benzene rings is 1. The van der Waals surface area contributed by atoms with Crippen molar-refractivity contribution in [3.63, 3.8) is 0 Å². The van der Waals surface area contributed by atoms with Gasteiger partial charge in [-0.25, -0.2) is 4.39 Å². The number of likely N-dealkylation sites (tertiary alicyclic amines) is 1. The third-order valence-electron chi connectivity index (χ3n) is 3.56. The number of amides is 1. The van der Waals surface area contributed by atoms with Crippen molar-refractivity contribution in [1.82, 2.24) is 10.2 Å². The number of nitrogens with zero attached hydrogens (tertiary/aromatic N) is 1. The minimum atomic E-state index is -0.411. The van der Waals surface area contributed by atoms with Crippen LogP contribution in [-0.4, -0.2) is 37.0 Å². The van der Waals surface area contributed by atoms with E-state index in [2.05, 4.69) is 33.1 Å². The third-order valence-corrected chi connectivity index (χ3v) is 4.37. The Bertz CT molecular complexity index is 467. The van der Waals surface area contributed by atoms with E-state index in [1.54, 1.807) is 12.1 Å². The molecule has 0 aliphatic carbocycles. The van der Waals surface area contributed by atoms with Gasteiger partial charge in [-0.05, 0) is 53.5 Å². The average molecular weight is 329 g/mol. The van der Waals surface area contributed by atoms with E-state index in [1.807, 2.05) is 0 Å². The Kier molecular flexibility index (Phi) is 4.93. The zero-order valence-electron chi connectivity index (χ0n) is 11.0. The highest BCUT2D eigenvalue weighted by atomic mass is 79.9. The van der Waals surface area contributed by atoms with Crippen molar-refractivity contribution in [2.24, 2.45) is 5.92 Å². The van der Waals surface area contributed by atoms with Crippen LogP contribution in [-0.2, 0) is 0 Å². The largest absolute Gasteiger partial charge is 0.352 e. The van der Waals surface area contributed by atoms with Gasteiger partial charge in [-0.3, -0.25) is 4.79 Å². The van der Waals surface area contributed by atoms with Gasteiger partial charge in [0.25, 0.3) is 5.91 Å². The van der Waals surface area contributed by atoms with Gasteiger partial charge in [0.15, 0.2) is 0 Å². The molecule has 1 aliphatic rings. The summed E-state index contributed by atoms with van der Waals surface area (Å²) in [5, 5.41) is 2.89. The molecule has 5 heteroatoms. The molecule has 1 atom stereocenters. The number of nitrogens with one attached hydrogen (secondary N) is 1. The quantitative estimate of drug-likeness (QED) is 0.921. The molecule has 1 saturated heterocycles. The van der Waals surface area contributed by atoms with Gasteiger partial charge < -0.3 is 10.2 Å². The van der Waals surface area contributed by atoms with Crippen molar-refractivity contribution in [3.8, 4) is 0 Å². The zero-order chi connectivity index (χ0) is 13.8. The lowest BCUT2D eigenvalue weighted by Crippen LogP contribution is -2.31. The van der Waals surface area contributed by atoms with Gasteiger partial charge in [-0.2, -0.15) is 0 Å². The summed E-state index contributed by atoms with van der Waals surface area (Å²) in [6.07, 6.45) is 1.11. The summed E-state index contributed by atoms with van der Waals surface area (Å²) in [7, 11) is 0. The van der Waals surface area contributed by atoms with E-state index in [0.29, 0.717) is 18.0 Å². The van der Waals surface area contributed by atoms with E-state index in [0.717, 1.165) is 26.1 Å². The van der Waals surface area contributed by atoms with E-state index < -0.39 is 5.82 Å². The van der Waals surface area contributed by atoms with E-state index in [4.69, 9.17) is 0 Å². The molecule has 0 radical (unpaired) electrons. The van der Waals surface area contributed by atoms with Gasteiger partial charge in [-0.1, -0.05) is 13.0 Å². The zero-order valence-corrected chi connectivity index (χ0v) is 12.5. The molecular weight excluding hydrogens is 311 g/mol. The number of hydrogen-bond donors (Lipinski definition) is 1. The maximum Gasteiger partial charge on any atom is 0.252 e. The van der Waals surface area contributed by atoms with Gasteiger partial charge in [0.2, 0.25) is 0 Å². The first-order valence-electron chi connectivity index (χ1n) is 6.56. The van der Waals surface area contributed by atoms with Crippen LogP contribution in [0.2, 0.25) is 0 Å². The van der Waals surface area contributed by atoms with Crippen LogP contribution < -0.4 is 5.32 Å². The standard InChI is InChI=1S/C14H18BrFN2O/c1-2-18-7-6-10(9-18)8-17-14(19)11-4-3-5-12(16)13(11)15/h3-5,10H,2,6-9H2,1H3,(H,17,19). The number of hydrogen-bond acceptors (Lipinski definition) is 2. The van der Waals surface area contributed by atoms with Crippen molar-refractivity contribution >= 4 is 21.8 Å². The molecule has 0 bridgehead atoms. The molecule has 1 aromatic rings. The Labute approximate surface area is 121 Å². The molecule has 0 saturated carbocycles. The maximum absolute atomic E-state index is 13.3. The van der Waals surface area contributed by atoms with Gasteiger partial charge in [0, 0.05) is 13.1 Å². The first-order chi connectivity index (χ1) is 9.11. The van der Waals surface area contributed by atoms with Crippen molar-refractivity contribution < 1.29 is 9.18 Å². The summed E-state index contributed by atoms with van der Waals surface area (Å²) in [6.45, 7) is 5.98. The molecule has 1 fully saturated rings. The minimum absolute atomic E-state index is 0.221. The number of carbonyl (C=O) groups is 1. The van der Waals surface area contributed by atoms with Gasteiger partial charge >= 0.3 is 0 Å². The topological polar surface area (TPSA) is 32.3 Å². The van der Waals surface area contributed by atoms with Gasteiger partial charge in [-0.15, -0.1) is 0 Å². The number of carbonyl (C=O) groups excluding carboxylic acids is 1. The summed E-state index contributed by atoms with van der Waals surface area (Å²) >= 11 is 3.11. The molecule has 1 aliphatic heterocycles. The molecule has 0 aromatic heterocycles. The van der Waals surface area contributed by atoms with E-state index >= 15 is 0 Å². The van der Waals surface area contributed by atoms with Crippen LogP contribution in [0.15, 0.2) is 22.7 Å². The summed E-state index contributed by atoms with van der Waals surface area (Å²) in [4.78, 5) is 14.4. The Hall–Kier alpha value is -0.940. The molecule has 104 valence electrons. The van der Waals surface area contributed by atoms with Gasteiger partial charge in [0.1, 0.15) is 5.82 Å². The molecule has 1 aromatic carbocycles. The highest BCUT2D eigenvalue weighted by molar-refractivity contribution is 9.10. The molecule has 0 spiro atoms. The van der Waals surface area contributed by atoms with Crippen LogP contribution in [0.3, 0.4) is 0 Å². The molecule has 1 N–H and O–H groups in total. The lowest BCUT2D eigenvalue weighted by Gasteiger charge is -2.14. The number of halogens is 2. The normalized spacial score (nSPS) is 19.6. The summed E-state index contributed by atoms with van der Waals surface area (Å²) < 4.78 is 13.6. The first-order valence-corrected chi connectivity index (χ1v) is 7.35. The average Bonchev–Trinajstić information content (AvgIpc) is 2.87. The fourth-order valence-corrected chi connectivity index (χ4v) is 2.82. The molecule has 19 heavy (non-hydrogen) atoms. The second-order valence-electron chi connectivity index (χ2n) is 4.86. The lowest BCUT2D eigenvalue weighted by atomic mass is 10.1. The van der Waals surface area contributed by atoms with Gasteiger partial charge in [0.05, 0.1) is 10.0 Å². The first kappa shape index (κ1) is 14.5. The monoisotopic (exact) mass is 328 g/mol. The van der Waals surface area contributed by atoms with Crippen LogP contribution >= 0.6 is 15.9 Å². The summed E-state index contributed by atoms with van der Waals surface area (Å²) in [6, 6.07) is 4.50. The Morgan fingerprint density at radius 3 is 3.05 bits per heavy atom. The van der Waals surface area contributed by atoms with E-state index in [1.165, 1.54) is 6.07 Å². The van der Waals surface area contributed by atoms with E-state index in [9.17, 15) is 9.18 Å². The van der Waals surface area contributed by atoms with Crippen molar-refractivity contribution in [1.29, 1.82) is 0 Å². The molecule has 3 nitrogen and oxygen atoms in total. The fourth-order valence-electron chi connectivity index (χ4n) is 2.38. The predicted octanol–water partition coefficient (Wildman–Crippen LogP) is 2.66. The second-order valence-corrected chi connectivity index (χ2v) is 5.65. The van der Waals surface area contributed by atoms with Crippen LogP contribution in [0.1, 0.15) is 23.7 Å². The highest BCUT2D eigenvalue weighted by Crippen LogP contribution is 2.20. The fraction of sp³-hybridized carbons (Fsp3) is 0.500. The Morgan fingerprint density at radius 2 is 2.37 bits per heavy atom. The molecule has 1 amide bonds. The minimum Gasteiger partial charge on any atom is -0.352 e. The number of rotatable bonds is 4. The molecule has 2 rings (SSSR count). The molecule has 1 heterocycles. The Morgan fingerprint density at radius 1 is 1.58 bits per heavy atom. The predicted molar refractivity (Wildman–Crippen MR) is 76.7 cm³/mol. The van der Waals surface area contributed by atoms with Crippen LogP contribution in [0, 0.1) is 11.7 Å². The van der Waals surface area contributed by atoms with Crippen molar-refractivity contribution in [2.75, 3.05) is 26.2 Å². The smallest absolute Gasteiger partial charge is 0.252 e. The van der Waals surface area contributed by atoms with Crippen molar-refractivity contribution in [3.05, 3.63) is 34.1 Å². The summed E-state index contributed by atoms with van der Waals surface area (Å²) in [5.74, 6) is -0.136. The second kappa shape index (κ2) is 6.48. The summed E-state index contributed by atoms with van der Waals surface area (Å²) in [5.41, 5.74) is 0.352. The lowest BCUT2D eigenvalue weighted by molar-refractivity contribution is 0.0946. The van der Waals surface area contributed by atoms with Crippen LogP contribution in [0.4, 0.5) is 4.39 Å². The van der Waals surface area contributed by atoms with Crippen LogP contribution in [0.5, 0.6) is 0 Å². The molecular formula is C14H18BrFN2O. The molecule has 1 unspecified atom stereocenters.